The van der Waals surface area contributed by atoms with E-state index in [0.717, 1.165) is 22.3 Å². The summed E-state index contributed by atoms with van der Waals surface area (Å²) >= 11 is 0. The number of carbonyl (C=O) groups excluding carboxylic acids is 1. The molecule has 1 saturated heterocycles. The smallest absolute Gasteiger partial charge is 0.251 e. The molecule has 0 unspecified atom stereocenters. The average Bonchev–Trinajstić information content (AvgIpc) is 3.07. The molecule has 48 heavy (non-hydrogen) atoms. The summed E-state index contributed by atoms with van der Waals surface area (Å²) in [7, 11) is 4.62. The van der Waals surface area contributed by atoms with Crippen LogP contribution in [-0.2, 0) is 15.9 Å². The second kappa shape index (κ2) is 14.7. The SMILES string of the molecule is COc1cccc(-c2cc(C(=O)NCCc3ccc(O[C@@H]4OC(C)(C)[C@H](OC)[C@@H](O)[C@H]4O)c(C)c3-c3cccc(F)c3)ccc2OC)c1. The molecule has 1 aliphatic rings. The van der Waals surface area contributed by atoms with Gasteiger partial charge in [-0.05, 0) is 104 Å². The lowest BCUT2D eigenvalue weighted by Gasteiger charge is -2.46. The van der Waals surface area contributed by atoms with Crippen LogP contribution >= 0.6 is 0 Å². The lowest BCUT2D eigenvalue weighted by Crippen LogP contribution is -2.63. The van der Waals surface area contributed by atoms with Crippen molar-refractivity contribution in [3.8, 4) is 39.5 Å². The van der Waals surface area contributed by atoms with Gasteiger partial charge in [-0.3, -0.25) is 4.79 Å². The topological polar surface area (TPSA) is 116 Å². The predicted octanol–water partition coefficient (Wildman–Crippen LogP) is 5.71. The molecule has 4 aromatic carbocycles. The van der Waals surface area contributed by atoms with Crippen LogP contribution in [0.15, 0.2) is 78.9 Å². The number of benzene rings is 4. The van der Waals surface area contributed by atoms with Crippen LogP contribution in [0.25, 0.3) is 22.3 Å². The lowest BCUT2D eigenvalue weighted by molar-refractivity contribution is -0.306. The van der Waals surface area contributed by atoms with Gasteiger partial charge in [0, 0.05) is 24.8 Å². The molecule has 0 aromatic heterocycles. The van der Waals surface area contributed by atoms with Gasteiger partial charge >= 0.3 is 0 Å². The number of hydrogen-bond donors (Lipinski definition) is 3. The van der Waals surface area contributed by atoms with Gasteiger partial charge in [-0.25, -0.2) is 4.39 Å². The molecular formula is C38H42FNO8. The Morgan fingerprint density at radius 1 is 0.896 bits per heavy atom. The van der Waals surface area contributed by atoms with Gasteiger partial charge in [0.25, 0.3) is 5.91 Å². The lowest BCUT2D eigenvalue weighted by atomic mass is 9.89. The summed E-state index contributed by atoms with van der Waals surface area (Å²) in [6.45, 7) is 5.63. The number of rotatable bonds is 11. The molecule has 3 N–H and O–H groups in total. The first-order chi connectivity index (χ1) is 23.0. The zero-order valence-corrected chi connectivity index (χ0v) is 28.0. The Balaban J connectivity index is 1.38. The normalized spacial score (nSPS) is 20.2. The Morgan fingerprint density at radius 3 is 2.33 bits per heavy atom. The number of methoxy groups -OCH3 is 3. The number of aliphatic hydroxyl groups is 2. The third kappa shape index (κ3) is 7.32. The van der Waals surface area contributed by atoms with Gasteiger partial charge in [-0.1, -0.05) is 30.3 Å². The molecule has 9 nitrogen and oxygen atoms in total. The molecule has 254 valence electrons. The fourth-order valence-corrected chi connectivity index (χ4v) is 6.24. The van der Waals surface area contributed by atoms with Crippen LogP contribution in [0.1, 0.15) is 35.3 Å². The van der Waals surface area contributed by atoms with E-state index in [-0.39, 0.29) is 5.91 Å². The van der Waals surface area contributed by atoms with Crippen LogP contribution in [0, 0.1) is 12.7 Å². The molecule has 0 spiro atoms. The fraction of sp³-hybridized carbons (Fsp3) is 0.342. The number of hydrogen-bond acceptors (Lipinski definition) is 8. The minimum Gasteiger partial charge on any atom is -0.497 e. The highest BCUT2D eigenvalue weighted by Gasteiger charge is 2.50. The summed E-state index contributed by atoms with van der Waals surface area (Å²) < 4.78 is 42.9. The molecule has 5 rings (SSSR count). The van der Waals surface area contributed by atoms with E-state index in [2.05, 4.69) is 5.32 Å². The summed E-state index contributed by atoms with van der Waals surface area (Å²) in [5.41, 5.74) is 4.00. The van der Waals surface area contributed by atoms with E-state index < -0.39 is 36.0 Å². The van der Waals surface area contributed by atoms with Crippen molar-refractivity contribution < 1.29 is 43.1 Å². The molecule has 0 radical (unpaired) electrons. The Morgan fingerprint density at radius 2 is 1.62 bits per heavy atom. The molecule has 1 fully saturated rings. The number of carbonyl (C=O) groups is 1. The number of nitrogens with one attached hydrogen (secondary N) is 1. The summed E-state index contributed by atoms with van der Waals surface area (Å²) in [5, 5.41) is 24.5. The Labute approximate surface area is 280 Å². The molecule has 1 heterocycles. The Bertz CT molecular complexity index is 1760. The van der Waals surface area contributed by atoms with Crippen LogP contribution in [0.4, 0.5) is 4.39 Å². The maximum Gasteiger partial charge on any atom is 0.251 e. The third-order valence-electron chi connectivity index (χ3n) is 8.68. The molecule has 4 aromatic rings. The number of aliphatic hydroxyl groups excluding tert-OH is 2. The molecule has 1 aliphatic heterocycles. The van der Waals surface area contributed by atoms with Gasteiger partial charge in [0.1, 0.15) is 41.4 Å². The van der Waals surface area contributed by atoms with Crippen molar-refractivity contribution in [2.24, 2.45) is 0 Å². The summed E-state index contributed by atoms with van der Waals surface area (Å²) in [6, 6.07) is 22.6. The van der Waals surface area contributed by atoms with E-state index in [1.54, 1.807) is 64.5 Å². The molecule has 0 saturated carbocycles. The molecule has 0 bridgehead atoms. The predicted molar refractivity (Wildman–Crippen MR) is 180 cm³/mol. The number of ether oxygens (including phenoxy) is 5. The Hall–Kier alpha value is -4.48. The first-order valence-electron chi connectivity index (χ1n) is 15.7. The van der Waals surface area contributed by atoms with Crippen LogP contribution in [0.3, 0.4) is 0 Å². The van der Waals surface area contributed by atoms with E-state index in [4.69, 9.17) is 23.7 Å². The average molecular weight is 660 g/mol. The fourth-order valence-electron chi connectivity index (χ4n) is 6.24. The van der Waals surface area contributed by atoms with E-state index in [0.29, 0.717) is 46.9 Å². The second-order valence-electron chi connectivity index (χ2n) is 12.2. The summed E-state index contributed by atoms with van der Waals surface area (Å²) in [4.78, 5) is 13.3. The van der Waals surface area contributed by atoms with Crippen LogP contribution in [0.5, 0.6) is 17.2 Å². The van der Waals surface area contributed by atoms with E-state index >= 15 is 0 Å². The Kier molecular flexibility index (Phi) is 10.7. The second-order valence-corrected chi connectivity index (χ2v) is 12.2. The van der Waals surface area contributed by atoms with Gasteiger partial charge in [-0.2, -0.15) is 0 Å². The zero-order chi connectivity index (χ0) is 34.6. The largest absolute Gasteiger partial charge is 0.497 e. The minimum atomic E-state index is -1.38. The van der Waals surface area contributed by atoms with Crippen molar-refractivity contribution in [2.75, 3.05) is 27.9 Å². The van der Waals surface area contributed by atoms with Crippen molar-refractivity contribution >= 4 is 5.91 Å². The maximum atomic E-state index is 14.4. The van der Waals surface area contributed by atoms with E-state index in [9.17, 15) is 19.4 Å². The zero-order valence-electron chi connectivity index (χ0n) is 28.0. The highest BCUT2D eigenvalue weighted by atomic mass is 19.1. The number of halogens is 1. The first kappa shape index (κ1) is 34.8. The maximum absolute atomic E-state index is 14.4. The highest BCUT2D eigenvalue weighted by molar-refractivity contribution is 5.96. The molecule has 4 atom stereocenters. The highest BCUT2D eigenvalue weighted by Crippen LogP contribution is 2.38. The standard InChI is InChI=1S/C38H42FNO8/c1-22-30(47-37-34(42)33(41)35(46-6)38(2,3)48-37)15-13-23(32(22)25-10-7-11-27(39)19-25)17-18-40-36(43)26-14-16-31(45-5)29(21-26)24-9-8-12-28(20-24)44-4/h7-16,19-21,33-35,37,41-42H,17-18H2,1-6H3,(H,40,43)/t33-,34+,35+,37+/m0/s1. The van der Waals surface area contributed by atoms with Gasteiger partial charge < -0.3 is 39.2 Å². The first-order valence-corrected chi connectivity index (χ1v) is 15.7. The van der Waals surface area contributed by atoms with Crippen LogP contribution in [0.2, 0.25) is 0 Å². The van der Waals surface area contributed by atoms with Crippen LogP contribution in [-0.4, -0.2) is 74.2 Å². The molecule has 0 aliphatic carbocycles. The summed E-state index contributed by atoms with van der Waals surface area (Å²) in [6.07, 6.45) is -4.14. The van der Waals surface area contributed by atoms with E-state index in [1.165, 1.54) is 19.2 Å². The van der Waals surface area contributed by atoms with Gasteiger partial charge in [0.2, 0.25) is 6.29 Å². The third-order valence-corrected chi connectivity index (χ3v) is 8.68. The van der Waals surface area contributed by atoms with Crippen LogP contribution < -0.4 is 19.5 Å². The monoisotopic (exact) mass is 659 g/mol. The molecular weight excluding hydrogens is 617 g/mol. The van der Waals surface area contributed by atoms with E-state index in [1.807, 2.05) is 37.3 Å². The van der Waals surface area contributed by atoms with Gasteiger partial charge in [-0.15, -0.1) is 0 Å². The quantitative estimate of drug-likeness (QED) is 0.188. The van der Waals surface area contributed by atoms with Crippen molar-refractivity contribution in [3.63, 3.8) is 0 Å². The van der Waals surface area contributed by atoms with Crippen molar-refractivity contribution in [1.82, 2.24) is 5.32 Å². The van der Waals surface area contributed by atoms with Crippen molar-refractivity contribution in [1.29, 1.82) is 0 Å². The number of amides is 1. The van der Waals surface area contributed by atoms with Crippen molar-refractivity contribution in [3.05, 3.63) is 101 Å². The minimum absolute atomic E-state index is 0.259. The molecule has 10 heteroatoms. The molecule has 1 amide bonds. The summed E-state index contributed by atoms with van der Waals surface area (Å²) in [5.74, 6) is 1.05. The van der Waals surface area contributed by atoms with Gasteiger partial charge in [0.05, 0.1) is 19.8 Å². The van der Waals surface area contributed by atoms with Gasteiger partial charge in [0.15, 0.2) is 0 Å². The van der Waals surface area contributed by atoms with Crippen molar-refractivity contribution in [2.45, 2.75) is 57.4 Å².